The van der Waals surface area contributed by atoms with Crippen LogP contribution in [-0.2, 0) is 6.42 Å². The van der Waals surface area contributed by atoms with E-state index in [2.05, 4.69) is 79.6 Å². The third-order valence-electron chi connectivity index (χ3n) is 4.06. The standard InChI is InChI=1S/C21H21N/c1-4-10-20-18(6-3)19-15-16(5-2)13-14-21(19)22(20)17-11-8-7-9-12-17/h4,6-15H,3,5H2,1-2H3/b10-4-. The van der Waals surface area contributed by atoms with Gasteiger partial charge < -0.3 is 4.57 Å². The van der Waals surface area contributed by atoms with Gasteiger partial charge in [0.15, 0.2) is 0 Å². The SMILES string of the molecule is C=Cc1c(/C=C\C)n(-c2ccccc2)c2ccc(CC)cc12. The highest BCUT2D eigenvalue weighted by molar-refractivity contribution is 5.95. The summed E-state index contributed by atoms with van der Waals surface area (Å²) in [7, 11) is 0. The fourth-order valence-electron chi connectivity index (χ4n) is 2.99. The first kappa shape index (κ1) is 14.4. The number of nitrogens with zero attached hydrogens (tertiary/aromatic N) is 1. The van der Waals surface area contributed by atoms with E-state index in [0.29, 0.717) is 0 Å². The summed E-state index contributed by atoms with van der Waals surface area (Å²) < 4.78 is 2.31. The Morgan fingerprint density at radius 3 is 2.50 bits per heavy atom. The van der Waals surface area contributed by atoms with Gasteiger partial charge in [0.25, 0.3) is 0 Å². The molecule has 0 aliphatic carbocycles. The molecule has 1 aromatic heterocycles. The van der Waals surface area contributed by atoms with E-state index in [9.17, 15) is 0 Å². The normalized spacial score (nSPS) is 11.4. The summed E-state index contributed by atoms with van der Waals surface area (Å²) in [5.74, 6) is 0. The van der Waals surface area contributed by atoms with Crippen LogP contribution in [0.4, 0.5) is 0 Å². The number of aryl methyl sites for hydroxylation is 1. The van der Waals surface area contributed by atoms with Gasteiger partial charge in [0.05, 0.1) is 11.2 Å². The van der Waals surface area contributed by atoms with E-state index < -0.39 is 0 Å². The van der Waals surface area contributed by atoms with E-state index in [-0.39, 0.29) is 0 Å². The minimum atomic E-state index is 1.04. The molecule has 0 saturated carbocycles. The first-order chi connectivity index (χ1) is 10.8. The van der Waals surface area contributed by atoms with Gasteiger partial charge in [-0.1, -0.05) is 49.9 Å². The number of hydrogen-bond acceptors (Lipinski definition) is 0. The lowest BCUT2D eigenvalue weighted by Gasteiger charge is -2.09. The summed E-state index contributed by atoms with van der Waals surface area (Å²) in [5.41, 5.74) is 6.15. The molecule has 3 rings (SSSR count). The smallest absolute Gasteiger partial charge is 0.0541 e. The van der Waals surface area contributed by atoms with Crippen molar-refractivity contribution in [3.05, 3.63) is 78.0 Å². The minimum absolute atomic E-state index is 1.04. The average molecular weight is 287 g/mol. The number of benzene rings is 2. The van der Waals surface area contributed by atoms with Crippen LogP contribution in [0, 0.1) is 0 Å². The predicted octanol–water partition coefficient (Wildman–Crippen LogP) is 5.87. The second-order valence-corrected chi connectivity index (χ2v) is 5.38. The number of para-hydroxylation sites is 1. The molecule has 2 aromatic carbocycles. The Labute approximate surface area is 132 Å². The third-order valence-corrected chi connectivity index (χ3v) is 4.06. The van der Waals surface area contributed by atoms with Gasteiger partial charge in [0.2, 0.25) is 0 Å². The van der Waals surface area contributed by atoms with Gasteiger partial charge in [0.1, 0.15) is 0 Å². The van der Waals surface area contributed by atoms with E-state index in [1.54, 1.807) is 0 Å². The Morgan fingerprint density at radius 1 is 1.09 bits per heavy atom. The molecule has 1 heteroatoms. The van der Waals surface area contributed by atoms with E-state index in [4.69, 9.17) is 0 Å². The molecule has 0 radical (unpaired) electrons. The Hall–Kier alpha value is -2.54. The van der Waals surface area contributed by atoms with Crippen molar-refractivity contribution in [3.8, 4) is 5.69 Å². The molecular weight excluding hydrogens is 266 g/mol. The highest BCUT2D eigenvalue weighted by atomic mass is 15.0. The Bertz CT molecular complexity index is 835. The van der Waals surface area contributed by atoms with Crippen molar-refractivity contribution < 1.29 is 0 Å². The summed E-state index contributed by atoms with van der Waals surface area (Å²) >= 11 is 0. The zero-order chi connectivity index (χ0) is 15.5. The number of aromatic nitrogens is 1. The fourth-order valence-corrected chi connectivity index (χ4v) is 2.99. The van der Waals surface area contributed by atoms with Crippen LogP contribution in [0.15, 0.2) is 61.2 Å². The van der Waals surface area contributed by atoms with Crippen molar-refractivity contribution in [2.75, 3.05) is 0 Å². The molecule has 0 saturated heterocycles. The molecule has 22 heavy (non-hydrogen) atoms. The molecule has 0 N–H and O–H groups in total. The number of fused-ring (bicyclic) bond motifs is 1. The molecule has 1 nitrogen and oxygen atoms in total. The van der Waals surface area contributed by atoms with Gasteiger partial charge in [0, 0.05) is 16.6 Å². The van der Waals surface area contributed by atoms with Crippen molar-refractivity contribution >= 4 is 23.1 Å². The van der Waals surface area contributed by atoms with Crippen molar-refractivity contribution in [2.45, 2.75) is 20.3 Å². The van der Waals surface area contributed by atoms with Crippen molar-refractivity contribution in [1.29, 1.82) is 0 Å². The quantitative estimate of drug-likeness (QED) is 0.565. The highest BCUT2D eigenvalue weighted by Gasteiger charge is 2.14. The van der Waals surface area contributed by atoms with Crippen LogP contribution in [0.5, 0.6) is 0 Å². The van der Waals surface area contributed by atoms with Gasteiger partial charge >= 0.3 is 0 Å². The van der Waals surface area contributed by atoms with Crippen molar-refractivity contribution in [1.82, 2.24) is 4.57 Å². The van der Waals surface area contributed by atoms with Crippen LogP contribution in [0.25, 0.3) is 28.7 Å². The van der Waals surface area contributed by atoms with Crippen LogP contribution in [-0.4, -0.2) is 4.57 Å². The monoisotopic (exact) mass is 287 g/mol. The second-order valence-electron chi connectivity index (χ2n) is 5.38. The number of rotatable bonds is 4. The van der Waals surface area contributed by atoms with Crippen LogP contribution in [0.2, 0.25) is 0 Å². The molecule has 0 amide bonds. The molecule has 0 fully saturated rings. The topological polar surface area (TPSA) is 4.93 Å². The molecule has 3 aromatic rings. The second kappa shape index (κ2) is 6.07. The summed E-state index contributed by atoms with van der Waals surface area (Å²) in [5, 5.41) is 1.27. The first-order valence-electron chi connectivity index (χ1n) is 7.78. The lowest BCUT2D eigenvalue weighted by atomic mass is 10.1. The van der Waals surface area contributed by atoms with E-state index in [1.165, 1.54) is 33.4 Å². The van der Waals surface area contributed by atoms with Crippen LogP contribution in [0.3, 0.4) is 0 Å². The summed E-state index contributed by atoms with van der Waals surface area (Å²) in [4.78, 5) is 0. The van der Waals surface area contributed by atoms with E-state index in [0.717, 1.165) is 6.42 Å². The molecule has 0 atom stereocenters. The van der Waals surface area contributed by atoms with Crippen molar-refractivity contribution in [3.63, 3.8) is 0 Å². The third kappa shape index (κ3) is 2.29. The molecule has 0 bridgehead atoms. The largest absolute Gasteiger partial charge is 0.309 e. The molecular formula is C21H21N. The molecule has 110 valence electrons. The van der Waals surface area contributed by atoms with Gasteiger partial charge in [-0.05, 0) is 49.2 Å². The van der Waals surface area contributed by atoms with Gasteiger partial charge in [-0.25, -0.2) is 0 Å². The number of allylic oxidation sites excluding steroid dienone is 1. The Kier molecular flexibility index (Phi) is 3.97. The summed E-state index contributed by atoms with van der Waals surface area (Å²) in [6, 6.07) is 17.2. The molecule has 1 heterocycles. The maximum absolute atomic E-state index is 4.04. The summed E-state index contributed by atoms with van der Waals surface area (Å²) in [6.45, 7) is 8.28. The zero-order valence-electron chi connectivity index (χ0n) is 13.2. The van der Waals surface area contributed by atoms with Gasteiger partial charge in [-0.2, -0.15) is 0 Å². The average Bonchev–Trinajstić information content (AvgIpc) is 2.88. The molecule has 0 spiro atoms. The maximum atomic E-state index is 4.04. The van der Waals surface area contributed by atoms with E-state index >= 15 is 0 Å². The minimum Gasteiger partial charge on any atom is -0.309 e. The van der Waals surface area contributed by atoms with Crippen LogP contribution in [0.1, 0.15) is 30.7 Å². The number of hydrogen-bond donors (Lipinski definition) is 0. The fraction of sp³-hybridized carbons (Fsp3) is 0.143. The molecule has 0 aliphatic heterocycles. The van der Waals surface area contributed by atoms with Crippen LogP contribution < -0.4 is 0 Å². The van der Waals surface area contributed by atoms with Gasteiger partial charge in [-0.3, -0.25) is 0 Å². The molecule has 0 unspecified atom stereocenters. The van der Waals surface area contributed by atoms with Crippen LogP contribution >= 0.6 is 0 Å². The zero-order valence-corrected chi connectivity index (χ0v) is 13.2. The van der Waals surface area contributed by atoms with Crippen molar-refractivity contribution in [2.24, 2.45) is 0 Å². The maximum Gasteiger partial charge on any atom is 0.0541 e. The summed E-state index contributed by atoms with van der Waals surface area (Å²) in [6.07, 6.45) is 7.26. The Balaban J connectivity index is 2.43. The lowest BCUT2D eigenvalue weighted by molar-refractivity contribution is 1.10. The van der Waals surface area contributed by atoms with Gasteiger partial charge in [-0.15, -0.1) is 0 Å². The highest BCUT2D eigenvalue weighted by Crippen LogP contribution is 2.32. The van der Waals surface area contributed by atoms with E-state index in [1.807, 2.05) is 12.1 Å². The first-order valence-corrected chi connectivity index (χ1v) is 7.78. The lowest BCUT2D eigenvalue weighted by Crippen LogP contribution is -1.96. The molecule has 0 aliphatic rings. The predicted molar refractivity (Wildman–Crippen MR) is 97.5 cm³/mol. The Morgan fingerprint density at radius 2 is 1.86 bits per heavy atom.